The Bertz CT molecular complexity index is 914. The minimum atomic E-state index is -0.521. The number of likely N-dealkylation sites (N-methyl/N-ethyl adjacent to an activating group) is 1. The largest absolute Gasteiger partial charge is 0.322 e. The fourth-order valence-corrected chi connectivity index (χ4v) is 2.82. The highest BCUT2D eigenvalue weighted by atomic mass is 35.5. The van der Waals surface area contributed by atoms with E-state index in [-0.39, 0.29) is 24.2 Å². The van der Waals surface area contributed by atoms with E-state index in [2.05, 4.69) is 15.4 Å². The van der Waals surface area contributed by atoms with Crippen molar-refractivity contribution in [2.45, 2.75) is 13.0 Å². The third-order valence-electron chi connectivity index (χ3n) is 4.32. The molecule has 1 atom stereocenters. The fraction of sp³-hybridized carbons (Fsp3) is 0.211. The van der Waals surface area contributed by atoms with Gasteiger partial charge >= 0.3 is 0 Å². The quantitative estimate of drug-likeness (QED) is 0.700. The van der Waals surface area contributed by atoms with Crippen LogP contribution >= 0.6 is 11.6 Å². The molecule has 8 heteroatoms. The molecule has 0 unspecified atom stereocenters. The van der Waals surface area contributed by atoms with Crippen LogP contribution in [0.25, 0.3) is 5.69 Å². The molecule has 3 rings (SSSR count). The van der Waals surface area contributed by atoms with Crippen LogP contribution in [-0.4, -0.2) is 39.2 Å². The second kappa shape index (κ2) is 8.28. The molecule has 0 radical (unpaired) electrons. The summed E-state index contributed by atoms with van der Waals surface area (Å²) in [6, 6.07) is 11.9. The van der Waals surface area contributed by atoms with Crippen LogP contribution in [0.5, 0.6) is 0 Å². The molecule has 0 spiro atoms. The lowest BCUT2D eigenvalue weighted by atomic mass is 10.1. The van der Waals surface area contributed by atoms with Gasteiger partial charge in [0.15, 0.2) is 0 Å². The van der Waals surface area contributed by atoms with Gasteiger partial charge < -0.3 is 5.32 Å². The van der Waals surface area contributed by atoms with Crippen molar-refractivity contribution >= 4 is 23.2 Å². The highest BCUT2D eigenvalue weighted by Crippen LogP contribution is 2.22. The minimum Gasteiger partial charge on any atom is -0.322 e. The summed E-state index contributed by atoms with van der Waals surface area (Å²) in [5.41, 5.74) is 2.02. The van der Waals surface area contributed by atoms with Gasteiger partial charge in [0, 0.05) is 11.1 Å². The predicted octanol–water partition coefficient (Wildman–Crippen LogP) is 3.69. The highest BCUT2D eigenvalue weighted by molar-refractivity contribution is 6.30. The summed E-state index contributed by atoms with van der Waals surface area (Å²) in [6.07, 6.45) is 3.11. The number of nitrogens with one attached hydrogen (secondary N) is 1. The number of halogens is 2. The Morgan fingerprint density at radius 1 is 1.30 bits per heavy atom. The maximum Gasteiger partial charge on any atom is 0.238 e. The van der Waals surface area contributed by atoms with Gasteiger partial charge in [-0.1, -0.05) is 23.7 Å². The van der Waals surface area contributed by atoms with Gasteiger partial charge in [-0.15, -0.1) is 0 Å². The molecule has 0 fully saturated rings. The van der Waals surface area contributed by atoms with Crippen molar-refractivity contribution in [3.05, 3.63) is 71.5 Å². The number of nitrogens with zero attached hydrogens (tertiary/aromatic N) is 4. The molecule has 2 aromatic carbocycles. The van der Waals surface area contributed by atoms with Crippen LogP contribution in [0, 0.1) is 5.82 Å². The SMILES string of the molecule is C[C@H](c1ccc(-n2cncn2)cc1)N(C)CC(=O)Nc1cc(Cl)ccc1F. The molecule has 1 aromatic heterocycles. The monoisotopic (exact) mass is 387 g/mol. The number of amides is 1. The van der Waals surface area contributed by atoms with Gasteiger partial charge in [-0.05, 0) is 49.9 Å². The summed E-state index contributed by atoms with van der Waals surface area (Å²) in [5.74, 6) is -0.836. The van der Waals surface area contributed by atoms with Crippen molar-refractivity contribution in [2.24, 2.45) is 0 Å². The zero-order valence-corrected chi connectivity index (χ0v) is 15.7. The zero-order chi connectivity index (χ0) is 19.4. The van der Waals surface area contributed by atoms with E-state index in [1.165, 1.54) is 24.5 Å². The van der Waals surface area contributed by atoms with E-state index in [1.807, 2.05) is 43.1 Å². The van der Waals surface area contributed by atoms with Gasteiger partial charge in [0.25, 0.3) is 0 Å². The molecule has 0 bridgehead atoms. The number of carbonyl (C=O) groups is 1. The molecular weight excluding hydrogens is 369 g/mol. The molecule has 6 nitrogen and oxygen atoms in total. The summed E-state index contributed by atoms with van der Waals surface area (Å²) in [4.78, 5) is 18.1. The van der Waals surface area contributed by atoms with Crippen LogP contribution < -0.4 is 5.32 Å². The van der Waals surface area contributed by atoms with Crippen molar-refractivity contribution < 1.29 is 9.18 Å². The summed E-state index contributed by atoms with van der Waals surface area (Å²) in [6.45, 7) is 2.11. The summed E-state index contributed by atoms with van der Waals surface area (Å²) in [5, 5.41) is 7.01. The average Bonchev–Trinajstić information content (AvgIpc) is 3.19. The Morgan fingerprint density at radius 2 is 2.04 bits per heavy atom. The van der Waals surface area contributed by atoms with E-state index in [9.17, 15) is 9.18 Å². The lowest BCUT2D eigenvalue weighted by Crippen LogP contribution is -2.32. The van der Waals surface area contributed by atoms with Crippen molar-refractivity contribution in [1.82, 2.24) is 19.7 Å². The van der Waals surface area contributed by atoms with Gasteiger partial charge in [-0.25, -0.2) is 14.1 Å². The summed E-state index contributed by atoms with van der Waals surface area (Å²) >= 11 is 5.85. The van der Waals surface area contributed by atoms with Crippen LogP contribution in [0.3, 0.4) is 0 Å². The molecule has 1 heterocycles. The maximum atomic E-state index is 13.7. The summed E-state index contributed by atoms with van der Waals surface area (Å²) < 4.78 is 15.4. The normalized spacial score (nSPS) is 12.2. The van der Waals surface area contributed by atoms with E-state index < -0.39 is 5.82 Å². The fourth-order valence-electron chi connectivity index (χ4n) is 2.65. The minimum absolute atomic E-state index is 0.00949. The lowest BCUT2D eigenvalue weighted by molar-refractivity contribution is -0.117. The number of hydrogen-bond acceptors (Lipinski definition) is 4. The lowest BCUT2D eigenvalue weighted by Gasteiger charge is -2.24. The molecule has 0 saturated carbocycles. The molecule has 0 aliphatic rings. The highest BCUT2D eigenvalue weighted by Gasteiger charge is 2.16. The predicted molar refractivity (Wildman–Crippen MR) is 102 cm³/mol. The Morgan fingerprint density at radius 3 is 2.70 bits per heavy atom. The van der Waals surface area contributed by atoms with Gasteiger partial charge in [0.05, 0.1) is 17.9 Å². The van der Waals surface area contributed by atoms with Crippen molar-refractivity contribution in [2.75, 3.05) is 18.9 Å². The van der Waals surface area contributed by atoms with Gasteiger partial charge in [-0.3, -0.25) is 9.69 Å². The zero-order valence-electron chi connectivity index (χ0n) is 14.9. The second-order valence-electron chi connectivity index (χ2n) is 6.20. The average molecular weight is 388 g/mol. The third kappa shape index (κ3) is 4.69. The molecule has 1 N–H and O–H groups in total. The number of rotatable bonds is 6. The first-order chi connectivity index (χ1) is 12.9. The standard InChI is InChI=1S/C19H19ClFN5O/c1-13(14-3-6-16(7-4-14)26-12-22-11-23-26)25(2)10-19(27)24-18-9-15(20)5-8-17(18)21/h3-9,11-13H,10H2,1-2H3,(H,24,27)/t13-/m1/s1. The first-order valence-corrected chi connectivity index (χ1v) is 8.72. The van der Waals surface area contributed by atoms with Crippen molar-refractivity contribution in [1.29, 1.82) is 0 Å². The number of benzene rings is 2. The van der Waals surface area contributed by atoms with E-state index >= 15 is 0 Å². The molecular formula is C19H19ClFN5O. The number of carbonyl (C=O) groups excluding carboxylic acids is 1. The van der Waals surface area contributed by atoms with Crippen molar-refractivity contribution in [3.63, 3.8) is 0 Å². The van der Waals surface area contributed by atoms with Crippen molar-refractivity contribution in [3.8, 4) is 5.69 Å². The molecule has 3 aromatic rings. The molecule has 140 valence electrons. The summed E-state index contributed by atoms with van der Waals surface area (Å²) in [7, 11) is 1.84. The smallest absolute Gasteiger partial charge is 0.238 e. The number of anilines is 1. The topological polar surface area (TPSA) is 63.1 Å². The third-order valence-corrected chi connectivity index (χ3v) is 4.55. The molecule has 0 aliphatic carbocycles. The molecule has 1 amide bonds. The molecule has 0 saturated heterocycles. The molecule has 27 heavy (non-hydrogen) atoms. The first-order valence-electron chi connectivity index (χ1n) is 8.34. The number of aromatic nitrogens is 3. The number of hydrogen-bond donors (Lipinski definition) is 1. The van der Waals surface area contributed by atoms with Crippen LogP contribution in [0.15, 0.2) is 55.1 Å². The van der Waals surface area contributed by atoms with Gasteiger partial charge in [0.2, 0.25) is 5.91 Å². The van der Waals surface area contributed by atoms with Crippen LogP contribution in [0.2, 0.25) is 5.02 Å². The van der Waals surface area contributed by atoms with Crippen LogP contribution in [0.4, 0.5) is 10.1 Å². The van der Waals surface area contributed by atoms with E-state index in [1.54, 1.807) is 11.0 Å². The van der Waals surface area contributed by atoms with Crippen LogP contribution in [-0.2, 0) is 4.79 Å². The van der Waals surface area contributed by atoms with E-state index in [0.717, 1.165) is 11.3 Å². The Kier molecular flexibility index (Phi) is 5.83. The Hall–Kier alpha value is -2.77. The van der Waals surface area contributed by atoms with E-state index in [4.69, 9.17) is 11.6 Å². The van der Waals surface area contributed by atoms with E-state index in [0.29, 0.717) is 5.02 Å². The van der Waals surface area contributed by atoms with Gasteiger partial charge in [-0.2, -0.15) is 5.10 Å². The van der Waals surface area contributed by atoms with Crippen LogP contribution in [0.1, 0.15) is 18.5 Å². The van der Waals surface area contributed by atoms with Gasteiger partial charge in [0.1, 0.15) is 18.5 Å². The Labute approximate surface area is 161 Å². The Balaban J connectivity index is 1.62. The first kappa shape index (κ1) is 19.0. The maximum absolute atomic E-state index is 13.7. The molecule has 0 aliphatic heterocycles. The second-order valence-corrected chi connectivity index (χ2v) is 6.63.